The van der Waals surface area contributed by atoms with Crippen LogP contribution in [0.4, 0.5) is 0 Å². The molecular formula is C7H5I2N2OP. The van der Waals surface area contributed by atoms with Gasteiger partial charge in [0.25, 0.3) is 0 Å². The number of fused-ring (bicyclic) bond motifs is 1. The van der Waals surface area contributed by atoms with Gasteiger partial charge in [0.05, 0.1) is 11.9 Å². The Balaban J connectivity index is 2.80. The lowest BCUT2D eigenvalue weighted by atomic mass is 10.2. The molecule has 0 aliphatic rings. The maximum atomic E-state index is 9.30. The monoisotopic (exact) mass is 418 g/mol. The van der Waals surface area contributed by atoms with Crippen LogP contribution in [0.25, 0.3) is 10.9 Å². The molecule has 68 valence electrons. The average molecular weight is 418 g/mol. The summed E-state index contributed by atoms with van der Waals surface area (Å²) in [6, 6.07) is 5.33. The summed E-state index contributed by atoms with van der Waals surface area (Å²) in [5.74, 6) is 0.293. The molecule has 0 radical (unpaired) electrons. The number of aromatic hydroxyl groups is 1. The van der Waals surface area contributed by atoms with Crippen molar-refractivity contribution in [2.75, 3.05) is 0 Å². The fourth-order valence-electron chi connectivity index (χ4n) is 1.13. The normalized spacial score (nSPS) is 11.8. The minimum absolute atomic E-state index is 0.293. The SMILES string of the molecule is Oc1ccc2c(c1)c(I)nn2PI. The van der Waals surface area contributed by atoms with Crippen LogP contribution >= 0.6 is 51.0 Å². The summed E-state index contributed by atoms with van der Waals surface area (Å²) in [6.45, 7) is 0. The van der Waals surface area contributed by atoms with Gasteiger partial charge in [0.1, 0.15) is 9.45 Å². The van der Waals surface area contributed by atoms with E-state index in [2.05, 4.69) is 49.7 Å². The number of aromatic nitrogens is 2. The molecule has 0 bridgehead atoms. The van der Waals surface area contributed by atoms with Gasteiger partial charge in [-0.25, -0.2) is 4.45 Å². The van der Waals surface area contributed by atoms with Gasteiger partial charge < -0.3 is 5.11 Å². The van der Waals surface area contributed by atoms with Gasteiger partial charge >= 0.3 is 0 Å². The molecule has 1 aromatic heterocycles. The molecule has 0 spiro atoms. The highest BCUT2D eigenvalue weighted by molar-refractivity contribution is 14.2. The van der Waals surface area contributed by atoms with Crippen LogP contribution in [0.3, 0.4) is 0 Å². The van der Waals surface area contributed by atoms with Gasteiger partial charge in [-0.2, -0.15) is 5.10 Å². The van der Waals surface area contributed by atoms with Crippen molar-refractivity contribution in [3.63, 3.8) is 0 Å². The van der Waals surface area contributed by atoms with Crippen molar-refractivity contribution in [1.29, 1.82) is 0 Å². The number of nitrogens with zero attached hydrogens (tertiary/aromatic N) is 2. The Morgan fingerprint density at radius 2 is 2.23 bits per heavy atom. The van der Waals surface area contributed by atoms with Crippen molar-refractivity contribution in [1.82, 2.24) is 9.55 Å². The summed E-state index contributed by atoms with van der Waals surface area (Å²) in [6.07, 6.45) is 0.591. The standard InChI is InChI=1S/C7H5I2N2OP/c8-7-5-3-4(12)1-2-6(5)11(10-7)13-9/h1-3,12-13H. The smallest absolute Gasteiger partial charge is 0.131 e. The van der Waals surface area contributed by atoms with Crippen LogP contribution in [-0.2, 0) is 0 Å². The first-order valence-corrected chi connectivity index (χ1v) is 8.60. The highest BCUT2D eigenvalue weighted by atomic mass is 127. The lowest BCUT2D eigenvalue weighted by Crippen LogP contribution is -1.81. The zero-order chi connectivity index (χ0) is 9.42. The van der Waals surface area contributed by atoms with Crippen LogP contribution < -0.4 is 0 Å². The molecule has 2 rings (SSSR count). The first-order valence-electron chi connectivity index (χ1n) is 3.46. The molecule has 2 aromatic rings. The Morgan fingerprint density at radius 1 is 1.46 bits per heavy atom. The summed E-state index contributed by atoms with van der Waals surface area (Å²) in [7, 11) is 0. The summed E-state index contributed by atoms with van der Waals surface area (Å²) >= 11 is 4.46. The molecule has 0 aliphatic carbocycles. The number of halogens is 2. The van der Waals surface area contributed by atoms with Crippen molar-refractivity contribution < 1.29 is 5.11 Å². The molecule has 13 heavy (non-hydrogen) atoms. The van der Waals surface area contributed by atoms with Crippen LogP contribution in [0.15, 0.2) is 18.2 Å². The second kappa shape index (κ2) is 3.86. The van der Waals surface area contributed by atoms with E-state index in [4.69, 9.17) is 0 Å². The molecule has 6 heteroatoms. The second-order valence-corrected chi connectivity index (χ2v) is 5.55. The molecule has 0 saturated heterocycles. The van der Waals surface area contributed by atoms with E-state index in [9.17, 15) is 5.11 Å². The maximum Gasteiger partial charge on any atom is 0.131 e. The molecule has 1 heterocycles. The highest BCUT2D eigenvalue weighted by Crippen LogP contribution is 2.32. The molecule has 0 saturated carbocycles. The topological polar surface area (TPSA) is 38.1 Å². The second-order valence-electron chi connectivity index (χ2n) is 2.49. The number of benzene rings is 1. The average Bonchev–Trinajstić information content (AvgIpc) is 2.43. The van der Waals surface area contributed by atoms with Gasteiger partial charge in [-0.1, -0.05) is 0 Å². The van der Waals surface area contributed by atoms with E-state index in [-0.39, 0.29) is 0 Å². The summed E-state index contributed by atoms with van der Waals surface area (Å²) < 4.78 is 2.88. The number of phenols is 1. The summed E-state index contributed by atoms with van der Waals surface area (Å²) in [4.78, 5) is 0. The van der Waals surface area contributed by atoms with Crippen molar-refractivity contribution in [3.8, 4) is 5.75 Å². The zero-order valence-corrected chi connectivity index (χ0v) is 11.6. The van der Waals surface area contributed by atoms with Crippen molar-refractivity contribution in [2.45, 2.75) is 0 Å². The molecule has 3 nitrogen and oxygen atoms in total. The largest absolute Gasteiger partial charge is 0.508 e. The number of hydrogen-bond donors (Lipinski definition) is 1. The number of rotatable bonds is 1. The first kappa shape index (κ1) is 9.92. The zero-order valence-electron chi connectivity index (χ0n) is 6.33. The predicted molar refractivity (Wildman–Crippen MR) is 71.8 cm³/mol. The quantitative estimate of drug-likeness (QED) is 0.572. The molecule has 0 fully saturated rings. The van der Waals surface area contributed by atoms with Gasteiger partial charge in [-0.05, 0) is 62.8 Å². The van der Waals surface area contributed by atoms with E-state index < -0.39 is 0 Å². The third-order valence-electron chi connectivity index (χ3n) is 1.70. The van der Waals surface area contributed by atoms with Gasteiger partial charge in [0.15, 0.2) is 0 Å². The van der Waals surface area contributed by atoms with Crippen molar-refractivity contribution in [2.24, 2.45) is 0 Å². The first-order chi connectivity index (χ1) is 6.22. The molecule has 1 atom stereocenters. The summed E-state index contributed by atoms with van der Waals surface area (Å²) in [5.41, 5.74) is 1.08. The Bertz CT molecular complexity index is 457. The minimum atomic E-state index is 0.293. The van der Waals surface area contributed by atoms with Crippen LogP contribution in [0, 0.1) is 3.70 Å². The van der Waals surface area contributed by atoms with Crippen LogP contribution in [0.1, 0.15) is 0 Å². The van der Waals surface area contributed by atoms with E-state index in [1.165, 1.54) is 0 Å². The molecule has 0 amide bonds. The lowest BCUT2D eigenvalue weighted by Gasteiger charge is -1.95. The molecule has 1 unspecified atom stereocenters. The Labute approximate surface area is 103 Å². The third-order valence-corrected chi connectivity index (χ3v) is 4.37. The number of hydrogen-bond acceptors (Lipinski definition) is 2. The van der Waals surface area contributed by atoms with Crippen molar-refractivity contribution >= 4 is 61.9 Å². The van der Waals surface area contributed by atoms with Crippen LogP contribution in [-0.4, -0.2) is 14.7 Å². The lowest BCUT2D eigenvalue weighted by molar-refractivity contribution is 0.476. The van der Waals surface area contributed by atoms with Gasteiger partial charge in [-0.3, -0.25) is 0 Å². The van der Waals surface area contributed by atoms with Crippen molar-refractivity contribution in [3.05, 3.63) is 21.9 Å². The fourth-order valence-corrected chi connectivity index (χ4v) is 3.51. The summed E-state index contributed by atoms with van der Waals surface area (Å²) in [5, 5.41) is 14.7. The molecule has 1 aromatic carbocycles. The number of phenolic OH excluding ortho intramolecular Hbond substituents is 1. The van der Waals surface area contributed by atoms with E-state index in [1.807, 2.05) is 10.5 Å². The van der Waals surface area contributed by atoms with E-state index >= 15 is 0 Å². The van der Waals surface area contributed by atoms with E-state index in [0.29, 0.717) is 12.1 Å². The van der Waals surface area contributed by atoms with Crippen LogP contribution in [0.5, 0.6) is 5.75 Å². The molecular weight excluding hydrogens is 413 g/mol. The minimum Gasteiger partial charge on any atom is -0.508 e. The molecule has 0 aliphatic heterocycles. The van der Waals surface area contributed by atoms with Gasteiger partial charge in [0, 0.05) is 5.39 Å². The highest BCUT2D eigenvalue weighted by Gasteiger charge is 2.07. The Hall–Kier alpha value is 0.380. The molecule has 1 N–H and O–H groups in total. The third kappa shape index (κ3) is 1.78. The van der Waals surface area contributed by atoms with E-state index in [0.717, 1.165) is 14.6 Å². The fraction of sp³-hybridized carbons (Fsp3) is 0. The van der Waals surface area contributed by atoms with Gasteiger partial charge in [-0.15, -0.1) is 0 Å². The Morgan fingerprint density at radius 3 is 2.92 bits per heavy atom. The maximum absolute atomic E-state index is 9.30. The van der Waals surface area contributed by atoms with Crippen LogP contribution in [0.2, 0.25) is 0 Å². The van der Waals surface area contributed by atoms with E-state index in [1.54, 1.807) is 12.1 Å². The van der Waals surface area contributed by atoms with Gasteiger partial charge in [0.2, 0.25) is 0 Å². The predicted octanol–water partition coefficient (Wildman–Crippen LogP) is 3.14. The Kier molecular flexibility index (Phi) is 2.94.